The fourth-order valence-electron chi connectivity index (χ4n) is 2.37. The van der Waals surface area contributed by atoms with E-state index < -0.39 is 0 Å². The number of ether oxygens (including phenoxy) is 3. The number of hydrazone groups is 1. The summed E-state index contributed by atoms with van der Waals surface area (Å²) in [6.07, 6.45) is 1.55. The second-order valence-electron chi connectivity index (χ2n) is 5.92. The van der Waals surface area contributed by atoms with Crippen LogP contribution in [-0.2, 0) is 4.79 Å². The maximum atomic E-state index is 11.9. The van der Waals surface area contributed by atoms with Crippen molar-refractivity contribution in [1.82, 2.24) is 5.43 Å². The predicted octanol–water partition coefficient (Wildman–Crippen LogP) is 3.63. The van der Waals surface area contributed by atoms with Crippen LogP contribution in [0.2, 0.25) is 0 Å². The molecule has 0 aromatic heterocycles. The number of carbonyl (C=O) groups excluding carboxylic acids is 1. The van der Waals surface area contributed by atoms with Crippen LogP contribution in [0.15, 0.2) is 41.5 Å². The predicted molar refractivity (Wildman–Crippen MR) is 106 cm³/mol. The molecule has 0 aliphatic carbocycles. The molecule has 6 nitrogen and oxygen atoms in total. The highest BCUT2D eigenvalue weighted by atomic mass is 16.5. The first-order valence-corrected chi connectivity index (χ1v) is 8.95. The molecular formula is C21H26N2O4. The second-order valence-corrected chi connectivity index (χ2v) is 5.92. The number of rotatable bonds is 9. The molecule has 0 spiro atoms. The third kappa shape index (κ3) is 6.33. The summed E-state index contributed by atoms with van der Waals surface area (Å²) in [6, 6.07) is 11.3. The molecule has 2 rings (SSSR count). The van der Waals surface area contributed by atoms with Gasteiger partial charge in [0.05, 0.1) is 19.4 Å². The summed E-state index contributed by atoms with van der Waals surface area (Å²) in [4.78, 5) is 11.9. The molecule has 0 aliphatic heterocycles. The van der Waals surface area contributed by atoms with E-state index in [9.17, 15) is 4.79 Å². The van der Waals surface area contributed by atoms with Gasteiger partial charge in [-0.05, 0) is 68.7 Å². The number of amides is 1. The van der Waals surface area contributed by atoms with E-state index in [2.05, 4.69) is 10.5 Å². The van der Waals surface area contributed by atoms with Gasteiger partial charge in [0.2, 0.25) is 0 Å². The molecule has 6 heteroatoms. The summed E-state index contributed by atoms with van der Waals surface area (Å²) in [5.41, 5.74) is 5.31. The lowest BCUT2D eigenvalue weighted by molar-refractivity contribution is -0.123. The first-order chi connectivity index (χ1) is 13.0. The highest BCUT2D eigenvalue weighted by Crippen LogP contribution is 2.28. The van der Waals surface area contributed by atoms with Crippen LogP contribution in [-0.4, -0.2) is 31.9 Å². The van der Waals surface area contributed by atoms with E-state index in [1.807, 2.05) is 64.1 Å². The van der Waals surface area contributed by atoms with Crippen molar-refractivity contribution >= 4 is 12.1 Å². The van der Waals surface area contributed by atoms with Gasteiger partial charge in [-0.15, -0.1) is 0 Å². The van der Waals surface area contributed by atoms with Gasteiger partial charge in [-0.25, -0.2) is 5.43 Å². The minimum absolute atomic E-state index is 0.102. The van der Waals surface area contributed by atoms with Crippen LogP contribution in [0, 0.1) is 13.8 Å². The summed E-state index contributed by atoms with van der Waals surface area (Å²) >= 11 is 0. The molecule has 1 N–H and O–H groups in total. The molecule has 144 valence electrons. The van der Waals surface area contributed by atoms with Crippen molar-refractivity contribution in [2.75, 3.05) is 19.8 Å². The molecule has 0 atom stereocenters. The van der Waals surface area contributed by atoms with Crippen molar-refractivity contribution in [2.24, 2.45) is 5.10 Å². The molecule has 2 aromatic carbocycles. The molecule has 0 fully saturated rings. The lowest BCUT2D eigenvalue weighted by Gasteiger charge is -2.11. The van der Waals surface area contributed by atoms with Crippen molar-refractivity contribution in [2.45, 2.75) is 27.7 Å². The minimum Gasteiger partial charge on any atom is -0.490 e. The Bertz CT molecular complexity index is 803. The average Bonchev–Trinajstić information content (AvgIpc) is 2.65. The average molecular weight is 370 g/mol. The van der Waals surface area contributed by atoms with Crippen molar-refractivity contribution < 1.29 is 19.0 Å². The Morgan fingerprint density at radius 1 is 0.963 bits per heavy atom. The zero-order chi connectivity index (χ0) is 19.6. The quantitative estimate of drug-likeness (QED) is 0.541. The first kappa shape index (κ1) is 20.3. The molecule has 0 heterocycles. The number of nitrogens with one attached hydrogen (secondary N) is 1. The van der Waals surface area contributed by atoms with Crippen LogP contribution in [0.1, 0.15) is 30.5 Å². The van der Waals surface area contributed by atoms with Gasteiger partial charge in [0.15, 0.2) is 18.1 Å². The number of carbonyl (C=O) groups is 1. The van der Waals surface area contributed by atoms with E-state index in [1.165, 1.54) is 0 Å². The molecule has 0 unspecified atom stereocenters. The van der Waals surface area contributed by atoms with Crippen LogP contribution in [0.4, 0.5) is 0 Å². The number of hydrogen-bond donors (Lipinski definition) is 1. The monoisotopic (exact) mass is 370 g/mol. The van der Waals surface area contributed by atoms with Gasteiger partial charge in [0.25, 0.3) is 5.91 Å². The van der Waals surface area contributed by atoms with Crippen LogP contribution in [0.5, 0.6) is 17.2 Å². The Hall–Kier alpha value is -3.02. The lowest BCUT2D eigenvalue weighted by atomic mass is 10.1. The van der Waals surface area contributed by atoms with Crippen molar-refractivity contribution in [3.63, 3.8) is 0 Å². The van der Waals surface area contributed by atoms with Crippen molar-refractivity contribution in [1.29, 1.82) is 0 Å². The number of hydrogen-bond acceptors (Lipinski definition) is 5. The van der Waals surface area contributed by atoms with E-state index in [-0.39, 0.29) is 12.5 Å². The normalized spacial score (nSPS) is 10.7. The molecule has 0 aliphatic rings. The van der Waals surface area contributed by atoms with Gasteiger partial charge < -0.3 is 14.2 Å². The zero-order valence-electron chi connectivity index (χ0n) is 16.2. The van der Waals surface area contributed by atoms with Gasteiger partial charge >= 0.3 is 0 Å². The standard InChI is InChI=1S/C21H26N2O4/c1-5-25-18-10-9-17(12-20(18)26-6-2)13-22-23-21(24)14-27-19-11-15(3)7-8-16(19)4/h7-13H,5-6,14H2,1-4H3,(H,23,24)/b22-13+. The highest BCUT2D eigenvalue weighted by Gasteiger charge is 2.06. The highest BCUT2D eigenvalue weighted by molar-refractivity contribution is 5.83. The molecule has 27 heavy (non-hydrogen) atoms. The SMILES string of the molecule is CCOc1ccc(/C=N/NC(=O)COc2cc(C)ccc2C)cc1OCC. The number of benzene rings is 2. The van der Waals surface area contributed by atoms with Gasteiger partial charge in [-0.3, -0.25) is 4.79 Å². The van der Waals surface area contributed by atoms with Gasteiger partial charge in [0, 0.05) is 0 Å². The Labute approximate surface area is 160 Å². The Balaban J connectivity index is 1.91. The Morgan fingerprint density at radius 2 is 1.70 bits per heavy atom. The van der Waals surface area contributed by atoms with Gasteiger partial charge in [-0.2, -0.15) is 5.10 Å². The fraction of sp³-hybridized carbons (Fsp3) is 0.333. The molecular weight excluding hydrogens is 344 g/mol. The summed E-state index contributed by atoms with van der Waals surface area (Å²) in [5.74, 6) is 1.69. The van der Waals surface area contributed by atoms with Crippen LogP contribution in [0.25, 0.3) is 0 Å². The fourth-order valence-corrected chi connectivity index (χ4v) is 2.37. The third-order valence-corrected chi connectivity index (χ3v) is 3.67. The zero-order valence-corrected chi connectivity index (χ0v) is 16.2. The third-order valence-electron chi connectivity index (χ3n) is 3.67. The summed E-state index contributed by atoms with van der Waals surface area (Å²) in [7, 11) is 0. The molecule has 1 amide bonds. The van der Waals surface area contributed by atoms with Crippen molar-refractivity contribution in [3.05, 3.63) is 53.1 Å². The van der Waals surface area contributed by atoms with E-state index >= 15 is 0 Å². The number of aryl methyl sites for hydroxylation is 2. The topological polar surface area (TPSA) is 69.2 Å². The smallest absolute Gasteiger partial charge is 0.277 e. The van der Waals surface area contributed by atoms with Gasteiger partial charge in [0.1, 0.15) is 5.75 Å². The van der Waals surface area contributed by atoms with Crippen molar-refractivity contribution in [3.8, 4) is 17.2 Å². The molecule has 0 saturated carbocycles. The van der Waals surface area contributed by atoms with Crippen LogP contribution < -0.4 is 19.6 Å². The van der Waals surface area contributed by atoms with E-state index in [0.29, 0.717) is 30.5 Å². The maximum absolute atomic E-state index is 11.9. The van der Waals surface area contributed by atoms with E-state index in [0.717, 1.165) is 16.7 Å². The molecule has 2 aromatic rings. The lowest BCUT2D eigenvalue weighted by Crippen LogP contribution is -2.24. The Kier molecular flexibility index (Phi) is 7.67. The molecule has 0 bridgehead atoms. The first-order valence-electron chi connectivity index (χ1n) is 8.95. The second kappa shape index (κ2) is 10.2. The van der Waals surface area contributed by atoms with Gasteiger partial charge in [-0.1, -0.05) is 12.1 Å². The maximum Gasteiger partial charge on any atom is 0.277 e. The number of nitrogens with zero attached hydrogens (tertiary/aromatic N) is 1. The Morgan fingerprint density at radius 3 is 2.44 bits per heavy atom. The van der Waals surface area contributed by atoms with E-state index in [4.69, 9.17) is 14.2 Å². The summed E-state index contributed by atoms with van der Waals surface area (Å²) in [6.45, 7) is 8.73. The summed E-state index contributed by atoms with van der Waals surface area (Å²) < 4.78 is 16.6. The van der Waals surface area contributed by atoms with Crippen LogP contribution >= 0.6 is 0 Å². The van der Waals surface area contributed by atoms with E-state index in [1.54, 1.807) is 6.21 Å². The minimum atomic E-state index is -0.330. The van der Waals surface area contributed by atoms with Crippen LogP contribution in [0.3, 0.4) is 0 Å². The summed E-state index contributed by atoms with van der Waals surface area (Å²) in [5, 5.41) is 3.97. The molecule has 0 saturated heterocycles. The molecule has 0 radical (unpaired) electrons. The largest absolute Gasteiger partial charge is 0.490 e.